The Balaban J connectivity index is 2.17. The van der Waals surface area contributed by atoms with Gasteiger partial charge in [-0.05, 0) is 6.42 Å². The van der Waals surface area contributed by atoms with Gasteiger partial charge in [-0.25, -0.2) is 4.79 Å². The first-order chi connectivity index (χ1) is 7.74. The average Bonchev–Trinajstić information content (AvgIpc) is 2.63. The minimum Gasteiger partial charge on any atom is -0.479 e. The first-order valence-electron chi connectivity index (χ1n) is 5.03. The highest BCUT2D eigenvalue weighted by atomic mass is 19.4. The fraction of sp³-hybridized carbons (Fsp3) is 0.778. The molecule has 1 amide bonds. The minimum atomic E-state index is -4.81. The van der Waals surface area contributed by atoms with Crippen LogP contribution in [0.4, 0.5) is 13.2 Å². The highest BCUT2D eigenvalue weighted by Gasteiger charge is 2.58. The summed E-state index contributed by atoms with van der Waals surface area (Å²) in [6.45, 7) is -0.315. The summed E-state index contributed by atoms with van der Waals surface area (Å²) in [6, 6.07) is 0. The second kappa shape index (κ2) is 3.59. The molecule has 5 nitrogen and oxygen atoms in total. The van der Waals surface area contributed by atoms with Crippen LogP contribution in [0.1, 0.15) is 19.3 Å². The summed E-state index contributed by atoms with van der Waals surface area (Å²) < 4.78 is 39.9. The molecule has 17 heavy (non-hydrogen) atoms. The Morgan fingerprint density at radius 2 is 2.18 bits per heavy atom. The van der Waals surface area contributed by atoms with E-state index in [1.807, 2.05) is 0 Å². The van der Waals surface area contributed by atoms with E-state index in [0.717, 1.165) is 4.90 Å². The number of carboxylic acid groups (broad SMARTS) is 1. The predicted octanol–water partition coefficient (Wildman–Crippen LogP) is 0.741. The lowest BCUT2D eigenvalue weighted by atomic mass is 9.93. The molecule has 0 radical (unpaired) electrons. The third-order valence-corrected chi connectivity index (χ3v) is 3.22. The van der Waals surface area contributed by atoms with Crippen molar-refractivity contribution >= 4 is 11.9 Å². The molecule has 0 unspecified atom stereocenters. The van der Waals surface area contributed by atoms with Crippen molar-refractivity contribution in [1.82, 2.24) is 4.90 Å². The number of alkyl halides is 3. The van der Waals surface area contributed by atoms with Crippen molar-refractivity contribution in [1.29, 1.82) is 0 Å². The Bertz CT molecular complexity index is 370. The molecular formula is C9H10F3NO4. The van der Waals surface area contributed by atoms with Crippen LogP contribution in [-0.4, -0.2) is 46.4 Å². The molecule has 0 saturated carbocycles. The molecule has 0 aromatic carbocycles. The number of nitrogens with zero attached hydrogens (tertiary/aromatic N) is 1. The minimum absolute atomic E-state index is 0.0406. The molecule has 1 N–H and O–H groups in total. The molecule has 0 aromatic rings. The highest BCUT2D eigenvalue weighted by Crippen LogP contribution is 2.42. The molecule has 2 atom stereocenters. The van der Waals surface area contributed by atoms with Gasteiger partial charge < -0.3 is 10.0 Å². The normalized spacial score (nSPS) is 33.0. The van der Waals surface area contributed by atoms with Crippen LogP contribution in [0.25, 0.3) is 0 Å². The van der Waals surface area contributed by atoms with E-state index in [9.17, 15) is 22.8 Å². The summed E-state index contributed by atoms with van der Waals surface area (Å²) in [4.78, 5) is 23.5. The number of carboxylic acids is 1. The molecule has 2 aliphatic heterocycles. The second-order valence-corrected chi connectivity index (χ2v) is 4.23. The molecule has 2 saturated heterocycles. The van der Waals surface area contributed by atoms with Gasteiger partial charge in [-0.2, -0.15) is 0 Å². The van der Waals surface area contributed by atoms with Crippen molar-refractivity contribution < 1.29 is 32.6 Å². The lowest BCUT2D eigenvalue weighted by molar-refractivity contribution is -0.340. The number of hydrogen-bond donors (Lipinski definition) is 1. The molecule has 96 valence electrons. The van der Waals surface area contributed by atoms with Gasteiger partial charge in [0.2, 0.25) is 5.91 Å². The van der Waals surface area contributed by atoms with Crippen molar-refractivity contribution in [3.8, 4) is 0 Å². The maximum Gasteiger partial charge on any atom is 0.522 e. The molecular weight excluding hydrogens is 243 g/mol. The Labute approximate surface area is 94.1 Å². The number of aliphatic carboxylic acids is 1. The molecule has 0 aromatic heterocycles. The molecule has 2 rings (SSSR count). The molecule has 0 spiro atoms. The maximum atomic E-state index is 12.0. The van der Waals surface area contributed by atoms with Gasteiger partial charge in [-0.1, -0.05) is 0 Å². The largest absolute Gasteiger partial charge is 0.522 e. The van der Waals surface area contributed by atoms with Gasteiger partial charge in [-0.3, -0.25) is 9.53 Å². The maximum absolute atomic E-state index is 12.0. The second-order valence-electron chi connectivity index (χ2n) is 4.23. The van der Waals surface area contributed by atoms with Gasteiger partial charge in [-0.15, -0.1) is 13.2 Å². The van der Waals surface area contributed by atoms with E-state index in [0.29, 0.717) is 0 Å². The van der Waals surface area contributed by atoms with Crippen molar-refractivity contribution in [2.24, 2.45) is 0 Å². The zero-order chi connectivity index (χ0) is 12.8. The number of ether oxygens (including phenoxy) is 1. The Hall–Kier alpha value is -1.31. The smallest absolute Gasteiger partial charge is 0.479 e. The van der Waals surface area contributed by atoms with E-state index in [2.05, 4.69) is 4.74 Å². The number of carbonyl (C=O) groups is 2. The lowest BCUT2D eigenvalue weighted by Gasteiger charge is -2.26. The fourth-order valence-electron chi connectivity index (χ4n) is 2.53. The van der Waals surface area contributed by atoms with Crippen LogP contribution in [0.3, 0.4) is 0 Å². The number of carbonyl (C=O) groups excluding carboxylic acids is 1. The van der Waals surface area contributed by atoms with Crippen LogP contribution < -0.4 is 0 Å². The van der Waals surface area contributed by atoms with Gasteiger partial charge >= 0.3 is 12.3 Å². The van der Waals surface area contributed by atoms with Gasteiger partial charge in [0.25, 0.3) is 0 Å². The Morgan fingerprint density at radius 3 is 2.65 bits per heavy atom. The summed E-state index contributed by atoms with van der Waals surface area (Å²) in [6.07, 6.45) is -6.32. The molecule has 0 aliphatic carbocycles. The Kier molecular flexibility index (Phi) is 2.57. The van der Waals surface area contributed by atoms with Crippen LogP contribution in [0.2, 0.25) is 0 Å². The van der Waals surface area contributed by atoms with E-state index in [4.69, 9.17) is 5.11 Å². The topological polar surface area (TPSA) is 66.8 Å². The highest BCUT2D eigenvalue weighted by molar-refractivity contribution is 5.91. The van der Waals surface area contributed by atoms with E-state index < -0.39 is 29.9 Å². The van der Waals surface area contributed by atoms with Gasteiger partial charge in [0, 0.05) is 19.4 Å². The van der Waals surface area contributed by atoms with Crippen molar-refractivity contribution in [2.75, 3.05) is 6.54 Å². The standard InChI is InChI=1S/C9H10F3NO4/c10-9(11,12)17-5-3-8(7(15)16)2-1-6(14)13(8)4-5/h5H,1-4H2,(H,15,16)/t5-,8-/m1/s1. The molecule has 2 heterocycles. The summed E-state index contributed by atoms with van der Waals surface area (Å²) in [5, 5.41) is 9.08. The van der Waals surface area contributed by atoms with Gasteiger partial charge in [0.1, 0.15) is 5.54 Å². The number of fused-ring (bicyclic) bond motifs is 1. The number of halogens is 3. The zero-order valence-electron chi connectivity index (χ0n) is 8.66. The van der Waals surface area contributed by atoms with Crippen LogP contribution in [0, 0.1) is 0 Å². The molecule has 2 fully saturated rings. The first-order valence-corrected chi connectivity index (χ1v) is 5.03. The van der Waals surface area contributed by atoms with Gasteiger partial charge in [0.05, 0.1) is 6.10 Å². The third kappa shape index (κ3) is 1.97. The van der Waals surface area contributed by atoms with E-state index in [-0.39, 0.29) is 25.8 Å². The third-order valence-electron chi connectivity index (χ3n) is 3.22. The molecule has 2 aliphatic rings. The quantitative estimate of drug-likeness (QED) is 0.788. The predicted molar refractivity (Wildman–Crippen MR) is 46.9 cm³/mol. The van der Waals surface area contributed by atoms with Crippen molar-refractivity contribution in [3.63, 3.8) is 0 Å². The number of hydrogen-bond acceptors (Lipinski definition) is 3. The zero-order valence-corrected chi connectivity index (χ0v) is 8.66. The van der Waals surface area contributed by atoms with Crippen LogP contribution >= 0.6 is 0 Å². The summed E-state index contributed by atoms with van der Waals surface area (Å²) >= 11 is 0. The summed E-state index contributed by atoms with van der Waals surface area (Å²) in [5.41, 5.74) is -1.51. The van der Waals surface area contributed by atoms with Crippen LogP contribution in [-0.2, 0) is 14.3 Å². The van der Waals surface area contributed by atoms with Crippen molar-refractivity contribution in [2.45, 2.75) is 37.3 Å². The van der Waals surface area contributed by atoms with E-state index in [1.54, 1.807) is 0 Å². The van der Waals surface area contributed by atoms with Crippen LogP contribution in [0.15, 0.2) is 0 Å². The lowest BCUT2D eigenvalue weighted by Crippen LogP contribution is -2.47. The SMILES string of the molecule is O=C1CC[C@]2(C(=O)O)C[C@@H](OC(F)(F)F)CN12. The molecule has 8 heteroatoms. The monoisotopic (exact) mass is 253 g/mol. The number of amides is 1. The summed E-state index contributed by atoms with van der Waals surface area (Å²) in [5.74, 6) is -1.70. The summed E-state index contributed by atoms with van der Waals surface area (Å²) in [7, 11) is 0. The average molecular weight is 253 g/mol. The van der Waals surface area contributed by atoms with E-state index >= 15 is 0 Å². The number of rotatable bonds is 2. The van der Waals surface area contributed by atoms with Crippen molar-refractivity contribution in [3.05, 3.63) is 0 Å². The Morgan fingerprint density at radius 1 is 1.53 bits per heavy atom. The fourth-order valence-corrected chi connectivity index (χ4v) is 2.53. The van der Waals surface area contributed by atoms with E-state index in [1.165, 1.54) is 0 Å². The first kappa shape index (κ1) is 12.2. The van der Waals surface area contributed by atoms with Gasteiger partial charge in [0.15, 0.2) is 0 Å². The van der Waals surface area contributed by atoms with Crippen LogP contribution in [0.5, 0.6) is 0 Å². The molecule has 0 bridgehead atoms.